The second kappa shape index (κ2) is 6.47. The van der Waals surface area contributed by atoms with E-state index in [4.69, 9.17) is 4.74 Å². The highest BCUT2D eigenvalue weighted by atomic mass is 19.1. The summed E-state index contributed by atoms with van der Waals surface area (Å²) in [6.07, 6.45) is 0. The van der Waals surface area contributed by atoms with Crippen LogP contribution in [0, 0.1) is 25.5 Å². The molecule has 2 aromatic carbocycles. The minimum atomic E-state index is -0.853. The number of esters is 1. The molecule has 5 heteroatoms. The van der Waals surface area contributed by atoms with E-state index in [1.165, 1.54) is 0 Å². The normalized spacial score (nSPS) is 10.4. The number of hydrogen-bond acceptors (Lipinski definition) is 3. The van der Waals surface area contributed by atoms with E-state index in [1.807, 2.05) is 13.0 Å². The predicted octanol–water partition coefficient (Wildman–Crippen LogP) is 3.62. The molecule has 0 heterocycles. The van der Waals surface area contributed by atoms with Crippen molar-refractivity contribution in [1.29, 1.82) is 0 Å². The number of hydrogen-bond donors (Lipinski definition) is 0. The Hall–Kier alpha value is -2.56. The highest BCUT2D eigenvalue weighted by molar-refractivity contribution is 5.99. The fourth-order valence-corrected chi connectivity index (χ4v) is 1.95. The zero-order valence-corrected chi connectivity index (χ0v) is 12.2. The average Bonchev–Trinajstić information content (AvgIpc) is 2.49. The molecule has 0 fully saturated rings. The Morgan fingerprint density at radius 3 is 2.45 bits per heavy atom. The monoisotopic (exact) mass is 304 g/mol. The summed E-state index contributed by atoms with van der Waals surface area (Å²) in [6, 6.07) is 7.80. The number of aryl methyl sites for hydroxylation is 2. The molecule has 0 amide bonds. The molecule has 2 rings (SSSR count). The molecule has 0 N–H and O–H groups in total. The number of benzene rings is 2. The van der Waals surface area contributed by atoms with Gasteiger partial charge in [0, 0.05) is 0 Å². The molecule has 0 aliphatic heterocycles. The fourth-order valence-electron chi connectivity index (χ4n) is 1.95. The molecule has 3 nitrogen and oxygen atoms in total. The van der Waals surface area contributed by atoms with Gasteiger partial charge < -0.3 is 4.74 Å². The van der Waals surface area contributed by atoms with Gasteiger partial charge in [0.25, 0.3) is 0 Å². The largest absolute Gasteiger partial charge is 0.454 e. The first kappa shape index (κ1) is 15.8. The molecular formula is C17H14F2O3. The zero-order chi connectivity index (χ0) is 16.3. The minimum absolute atomic E-state index is 0.340. The van der Waals surface area contributed by atoms with Crippen LogP contribution in [0.4, 0.5) is 8.78 Å². The van der Waals surface area contributed by atoms with Crippen LogP contribution in [-0.4, -0.2) is 18.4 Å². The van der Waals surface area contributed by atoms with E-state index in [0.717, 1.165) is 23.8 Å². The summed E-state index contributed by atoms with van der Waals surface area (Å²) >= 11 is 0. The van der Waals surface area contributed by atoms with E-state index in [9.17, 15) is 18.4 Å². The van der Waals surface area contributed by atoms with Gasteiger partial charge in [0.2, 0.25) is 5.78 Å². The molecule has 22 heavy (non-hydrogen) atoms. The summed E-state index contributed by atoms with van der Waals surface area (Å²) in [5, 5.41) is 0. The van der Waals surface area contributed by atoms with E-state index < -0.39 is 35.6 Å². The van der Waals surface area contributed by atoms with Crippen molar-refractivity contribution in [2.24, 2.45) is 0 Å². The van der Waals surface area contributed by atoms with Gasteiger partial charge in [0.15, 0.2) is 6.61 Å². The Morgan fingerprint density at radius 1 is 1.00 bits per heavy atom. The molecule has 0 unspecified atom stereocenters. The van der Waals surface area contributed by atoms with Crippen LogP contribution in [0.25, 0.3) is 0 Å². The van der Waals surface area contributed by atoms with Gasteiger partial charge in [0.05, 0.1) is 11.1 Å². The number of ketones is 1. The van der Waals surface area contributed by atoms with Crippen molar-refractivity contribution >= 4 is 11.8 Å². The molecule has 0 radical (unpaired) electrons. The summed E-state index contributed by atoms with van der Waals surface area (Å²) in [6.45, 7) is 2.92. The highest BCUT2D eigenvalue weighted by Gasteiger charge is 2.17. The lowest BCUT2D eigenvalue weighted by molar-refractivity contribution is 0.0472. The maximum Gasteiger partial charge on any atom is 0.338 e. The van der Waals surface area contributed by atoms with Crippen LogP contribution in [0.5, 0.6) is 0 Å². The Morgan fingerprint density at radius 2 is 1.73 bits per heavy atom. The van der Waals surface area contributed by atoms with Gasteiger partial charge in [-0.25, -0.2) is 13.6 Å². The first-order valence-electron chi connectivity index (χ1n) is 6.61. The lowest BCUT2D eigenvalue weighted by Gasteiger charge is -2.08. The molecule has 2 aromatic rings. The van der Waals surface area contributed by atoms with Crippen molar-refractivity contribution in [1.82, 2.24) is 0 Å². The molecule has 0 saturated carbocycles. The Balaban J connectivity index is 2.09. The summed E-state index contributed by atoms with van der Waals surface area (Å²) in [7, 11) is 0. The van der Waals surface area contributed by atoms with Crippen molar-refractivity contribution in [3.63, 3.8) is 0 Å². The highest BCUT2D eigenvalue weighted by Crippen LogP contribution is 2.14. The van der Waals surface area contributed by atoms with Crippen LogP contribution in [-0.2, 0) is 4.74 Å². The molecule has 0 saturated heterocycles. The van der Waals surface area contributed by atoms with E-state index in [2.05, 4.69) is 0 Å². The van der Waals surface area contributed by atoms with Crippen molar-refractivity contribution in [3.05, 3.63) is 70.3 Å². The molecule has 0 aliphatic carbocycles. The summed E-state index contributed by atoms with van der Waals surface area (Å²) < 4.78 is 31.4. The zero-order valence-electron chi connectivity index (χ0n) is 12.2. The van der Waals surface area contributed by atoms with Crippen LogP contribution in [0.2, 0.25) is 0 Å². The molecule has 0 aliphatic rings. The lowest BCUT2D eigenvalue weighted by Crippen LogP contribution is -2.16. The molecule has 0 aromatic heterocycles. The summed E-state index contributed by atoms with van der Waals surface area (Å²) in [4.78, 5) is 23.8. The molecule has 0 spiro atoms. The van der Waals surface area contributed by atoms with Gasteiger partial charge in [-0.3, -0.25) is 4.79 Å². The summed E-state index contributed by atoms with van der Waals surface area (Å²) in [5.74, 6) is -3.05. The number of halogens is 2. The number of rotatable bonds is 4. The van der Waals surface area contributed by atoms with Crippen molar-refractivity contribution in [3.8, 4) is 0 Å². The third-order valence-electron chi connectivity index (χ3n) is 3.18. The molecule has 114 valence electrons. The van der Waals surface area contributed by atoms with E-state index in [1.54, 1.807) is 19.1 Å². The van der Waals surface area contributed by atoms with Crippen LogP contribution in [0.1, 0.15) is 31.8 Å². The Bertz CT molecular complexity index is 675. The SMILES string of the molecule is Cc1ccc(C)c(C(=O)OCC(=O)c2cc(F)ccc2F)c1. The van der Waals surface area contributed by atoms with E-state index in [-0.39, 0.29) is 0 Å². The Labute approximate surface area is 126 Å². The van der Waals surface area contributed by atoms with Gasteiger partial charge in [-0.2, -0.15) is 0 Å². The van der Waals surface area contributed by atoms with Gasteiger partial charge in [-0.15, -0.1) is 0 Å². The van der Waals surface area contributed by atoms with Gasteiger partial charge in [-0.05, 0) is 43.7 Å². The third-order valence-corrected chi connectivity index (χ3v) is 3.18. The smallest absolute Gasteiger partial charge is 0.338 e. The molecule has 0 bridgehead atoms. The number of carbonyl (C=O) groups excluding carboxylic acids is 2. The van der Waals surface area contributed by atoms with Gasteiger partial charge in [-0.1, -0.05) is 17.7 Å². The minimum Gasteiger partial charge on any atom is -0.454 e. The number of carbonyl (C=O) groups is 2. The topological polar surface area (TPSA) is 43.4 Å². The van der Waals surface area contributed by atoms with Crippen LogP contribution < -0.4 is 0 Å². The van der Waals surface area contributed by atoms with Gasteiger partial charge in [0.1, 0.15) is 11.6 Å². The first-order valence-corrected chi connectivity index (χ1v) is 6.61. The summed E-state index contributed by atoms with van der Waals surface area (Å²) in [5.41, 5.74) is 1.49. The number of ether oxygens (including phenoxy) is 1. The maximum absolute atomic E-state index is 13.5. The second-order valence-electron chi connectivity index (χ2n) is 4.94. The second-order valence-corrected chi connectivity index (χ2v) is 4.94. The first-order chi connectivity index (χ1) is 10.4. The van der Waals surface area contributed by atoms with Crippen LogP contribution >= 0.6 is 0 Å². The maximum atomic E-state index is 13.5. The number of Topliss-reactive ketones (excluding diaryl/α,β-unsaturated/α-hetero) is 1. The van der Waals surface area contributed by atoms with E-state index >= 15 is 0 Å². The average molecular weight is 304 g/mol. The molecular weight excluding hydrogens is 290 g/mol. The Kier molecular flexibility index (Phi) is 4.65. The van der Waals surface area contributed by atoms with Crippen molar-refractivity contribution < 1.29 is 23.1 Å². The quantitative estimate of drug-likeness (QED) is 0.640. The van der Waals surface area contributed by atoms with Crippen molar-refractivity contribution in [2.75, 3.05) is 6.61 Å². The van der Waals surface area contributed by atoms with E-state index in [0.29, 0.717) is 11.1 Å². The predicted molar refractivity (Wildman–Crippen MR) is 76.9 cm³/mol. The third kappa shape index (κ3) is 3.55. The van der Waals surface area contributed by atoms with Crippen LogP contribution in [0.15, 0.2) is 36.4 Å². The fraction of sp³-hybridized carbons (Fsp3) is 0.176. The molecule has 0 atom stereocenters. The van der Waals surface area contributed by atoms with Crippen LogP contribution in [0.3, 0.4) is 0 Å². The lowest BCUT2D eigenvalue weighted by atomic mass is 10.1. The van der Waals surface area contributed by atoms with Gasteiger partial charge >= 0.3 is 5.97 Å². The van der Waals surface area contributed by atoms with Crippen molar-refractivity contribution in [2.45, 2.75) is 13.8 Å². The standard InChI is InChI=1S/C17H14F2O3/c1-10-3-4-11(2)13(7-10)17(21)22-9-16(20)14-8-12(18)5-6-15(14)19/h3-8H,9H2,1-2H3.